The van der Waals surface area contributed by atoms with Crippen molar-refractivity contribution in [3.63, 3.8) is 0 Å². The Morgan fingerprint density at radius 1 is 1.03 bits per heavy atom. The van der Waals surface area contributed by atoms with Crippen LogP contribution in [0.4, 0.5) is 11.4 Å². The van der Waals surface area contributed by atoms with Gasteiger partial charge in [-0.15, -0.1) is 0 Å². The summed E-state index contributed by atoms with van der Waals surface area (Å²) in [4.78, 5) is 28.9. The fourth-order valence-electron chi connectivity index (χ4n) is 4.26. The molecule has 2 amide bonds. The van der Waals surface area contributed by atoms with Gasteiger partial charge in [0.2, 0.25) is 5.91 Å². The summed E-state index contributed by atoms with van der Waals surface area (Å²) in [6, 6.07) is 11.2. The Labute approximate surface area is 173 Å². The fraction of sp³-hybridized carbons (Fsp3) is 0.364. The molecular formula is C22H23N5O3. The average molecular weight is 405 g/mol. The molecule has 8 nitrogen and oxygen atoms in total. The lowest BCUT2D eigenvalue weighted by Gasteiger charge is -2.18. The molecule has 1 N–H and O–H groups in total. The quantitative estimate of drug-likeness (QED) is 0.701. The summed E-state index contributed by atoms with van der Waals surface area (Å²) in [5, 5.41) is 11.0. The first-order valence-corrected chi connectivity index (χ1v) is 10.4. The molecule has 8 heteroatoms. The van der Waals surface area contributed by atoms with Gasteiger partial charge in [0.25, 0.3) is 5.91 Å². The first-order chi connectivity index (χ1) is 14.7. The summed E-state index contributed by atoms with van der Waals surface area (Å²) in [7, 11) is 0. The largest absolute Gasteiger partial charge is 0.370 e. The van der Waals surface area contributed by atoms with Gasteiger partial charge in [-0.3, -0.25) is 9.59 Å². The molecule has 3 aromatic rings. The Balaban J connectivity index is 1.36. The van der Waals surface area contributed by atoms with Gasteiger partial charge in [0.05, 0.1) is 11.4 Å². The van der Waals surface area contributed by atoms with Crippen LogP contribution in [0.1, 0.15) is 41.6 Å². The number of nitrogens with zero attached hydrogens (tertiary/aromatic N) is 4. The first kappa shape index (κ1) is 18.6. The van der Waals surface area contributed by atoms with Crippen LogP contribution in [0.5, 0.6) is 0 Å². The molecule has 2 aliphatic rings. The standard InChI is InChI=1S/C22H23N5O3/c28-19-7-4-12-27(19)14-15-5-3-6-16(13-15)22(29)23-17-8-9-18(26-10-1-2-11-26)21-20(17)24-30-25-21/h3,5-6,8-9,13H,1-2,4,7,10-12,14H2,(H,23,29). The number of hydrogen-bond donors (Lipinski definition) is 1. The zero-order valence-electron chi connectivity index (χ0n) is 16.6. The smallest absolute Gasteiger partial charge is 0.255 e. The molecule has 0 saturated carbocycles. The minimum Gasteiger partial charge on any atom is -0.370 e. The van der Waals surface area contributed by atoms with Crippen molar-refractivity contribution in [1.29, 1.82) is 0 Å². The molecule has 3 heterocycles. The maximum absolute atomic E-state index is 12.9. The summed E-state index contributed by atoms with van der Waals surface area (Å²) in [5.74, 6) is -0.0632. The Hall–Kier alpha value is -3.42. The first-order valence-electron chi connectivity index (χ1n) is 10.4. The van der Waals surface area contributed by atoms with E-state index in [1.54, 1.807) is 6.07 Å². The summed E-state index contributed by atoms with van der Waals surface area (Å²) < 4.78 is 4.98. The predicted molar refractivity (Wildman–Crippen MR) is 112 cm³/mol. The minimum atomic E-state index is -0.233. The van der Waals surface area contributed by atoms with Crippen LogP contribution >= 0.6 is 0 Å². The molecule has 0 unspecified atom stereocenters. The minimum absolute atomic E-state index is 0.170. The van der Waals surface area contributed by atoms with Gasteiger partial charge < -0.3 is 15.1 Å². The van der Waals surface area contributed by atoms with E-state index < -0.39 is 0 Å². The Kier molecular flexibility index (Phi) is 4.82. The number of anilines is 2. The molecule has 0 atom stereocenters. The van der Waals surface area contributed by atoms with Crippen LogP contribution in [0.25, 0.3) is 11.0 Å². The van der Waals surface area contributed by atoms with E-state index in [0.717, 1.165) is 50.1 Å². The van der Waals surface area contributed by atoms with Crippen LogP contribution in [0.3, 0.4) is 0 Å². The maximum atomic E-state index is 12.9. The number of carbonyl (C=O) groups is 2. The van der Waals surface area contributed by atoms with E-state index in [4.69, 9.17) is 4.63 Å². The Bertz CT molecular complexity index is 1100. The fourth-order valence-corrected chi connectivity index (χ4v) is 4.26. The van der Waals surface area contributed by atoms with Crippen LogP contribution in [-0.4, -0.2) is 46.7 Å². The Morgan fingerprint density at radius 2 is 1.87 bits per heavy atom. The molecular weight excluding hydrogens is 382 g/mol. The second kappa shape index (κ2) is 7.78. The highest BCUT2D eigenvalue weighted by molar-refractivity contribution is 6.09. The van der Waals surface area contributed by atoms with Crippen molar-refractivity contribution >= 4 is 34.2 Å². The second-order valence-electron chi connectivity index (χ2n) is 7.86. The molecule has 2 aromatic carbocycles. The molecule has 2 saturated heterocycles. The lowest BCUT2D eigenvalue weighted by atomic mass is 10.1. The van der Waals surface area contributed by atoms with Crippen molar-refractivity contribution in [3.8, 4) is 0 Å². The molecule has 2 fully saturated rings. The van der Waals surface area contributed by atoms with Gasteiger partial charge >= 0.3 is 0 Å². The molecule has 154 valence electrons. The highest BCUT2D eigenvalue weighted by Gasteiger charge is 2.22. The van der Waals surface area contributed by atoms with Crippen molar-refractivity contribution < 1.29 is 14.2 Å². The van der Waals surface area contributed by atoms with E-state index in [9.17, 15) is 9.59 Å². The molecule has 0 aliphatic carbocycles. The van der Waals surface area contributed by atoms with Crippen molar-refractivity contribution in [2.75, 3.05) is 29.9 Å². The summed E-state index contributed by atoms with van der Waals surface area (Å²) in [6.45, 7) is 3.28. The second-order valence-corrected chi connectivity index (χ2v) is 7.86. The van der Waals surface area contributed by atoms with Gasteiger partial charge in [-0.05, 0) is 59.4 Å². The van der Waals surface area contributed by atoms with Crippen LogP contribution in [0, 0.1) is 0 Å². The lowest BCUT2D eigenvalue weighted by molar-refractivity contribution is -0.128. The van der Waals surface area contributed by atoms with Gasteiger partial charge in [-0.1, -0.05) is 12.1 Å². The van der Waals surface area contributed by atoms with E-state index in [-0.39, 0.29) is 11.8 Å². The molecule has 2 aliphatic heterocycles. The maximum Gasteiger partial charge on any atom is 0.255 e. The van der Waals surface area contributed by atoms with Crippen molar-refractivity contribution in [2.45, 2.75) is 32.2 Å². The molecule has 0 radical (unpaired) electrons. The van der Waals surface area contributed by atoms with E-state index in [1.165, 1.54) is 0 Å². The van der Waals surface area contributed by atoms with Crippen LogP contribution < -0.4 is 10.2 Å². The van der Waals surface area contributed by atoms with Gasteiger partial charge in [-0.2, -0.15) is 0 Å². The zero-order chi connectivity index (χ0) is 20.5. The van der Waals surface area contributed by atoms with Crippen molar-refractivity contribution in [2.24, 2.45) is 0 Å². The average Bonchev–Trinajstić information content (AvgIpc) is 3.51. The summed E-state index contributed by atoms with van der Waals surface area (Å²) in [5.41, 5.74) is 4.24. The molecule has 0 bridgehead atoms. The van der Waals surface area contributed by atoms with E-state index >= 15 is 0 Å². The zero-order valence-corrected chi connectivity index (χ0v) is 16.6. The van der Waals surface area contributed by atoms with Gasteiger partial charge in [0.1, 0.15) is 0 Å². The monoisotopic (exact) mass is 405 g/mol. The molecule has 5 rings (SSSR count). The SMILES string of the molecule is O=C(Nc1ccc(N2CCCC2)c2nonc12)c1cccc(CN2CCCC2=O)c1. The van der Waals surface area contributed by atoms with Crippen LogP contribution in [0.15, 0.2) is 41.0 Å². The number of nitrogens with one attached hydrogen (secondary N) is 1. The third-order valence-corrected chi connectivity index (χ3v) is 5.82. The topological polar surface area (TPSA) is 91.6 Å². The van der Waals surface area contributed by atoms with Crippen LogP contribution in [-0.2, 0) is 11.3 Å². The molecule has 30 heavy (non-hydrogen) atoms. The van der Waals surface area contributed by atoms with Crippen molar-refractivity contribution in [3.05, 3.63) is 47.5 Å². The number of likely N-dealkylation sites (tertiary alicyclic amines) is 1. The van der Waals surface area contributed by atoms with E-state index in [0.29, 0.717) is 35.2 Å². The van der Waals surface area contributed by atoms with Gasteiger partial charge in [-0.25, -0.2) is 4.63 Å². The van der Waals surface area contributed by atoms with Crippen LogP contribution in [0.2, 0.25) is 0 Å². The highest BCUT2D eigenvalue weighted by atomic mass is 16.6. The predicted octanol–water partition coefficient (Wildman–Crippen LogP) is 3.20. The van der Waals surface area contributed by atoms with Gasteiger partial charge in [0.15, 0.2) is 11.0 Å². The number of hydrogen-bond acceptors (Lipinski definition) is 6. The van der Waals surface area contributed by atoms with Gasteiger partial charge in [0, 0.05) is 38.2 Å². The number of aromatic nitrogens is 2. The summed E-state index contributed by atoms with van der Waals surface area (Å²) in [6.07, 6.45) is 3.82. The molecule has 0 spiro atoms. The number of benzene rings is 2. The normalized spacial score (nSPS) is 16.6. The number of amides is 2. The van der Waals surface area contributed by atoms with E-state index in [2.05, 4.69) is 20.5 Å². The van der Waals surface area contributed by atoms with Crippen molar-refractivity contribution in [1.82, 2.24) is 15.2 Å². The number of fused-ring (bicyclic) bond motifs is 1. The third-order valence-electron chi connectivity index (χ3n) is 5.82. The van der Waals surface area contributed by atoms with E-state index in [1.807, 2.05) is 35.2 Å². The highest BCUT2D eigenvalue weighted by Crippen LogP contribution is 2.32. The number of carbonyl (C=O) groups excluding carboxylic acids is 2. The molecule has 1 aromatic heterocycles. The third kappa shape index (κ3) is 3.49. The number of rotatable bonds is 5. The summed E-state index contributed by atoms with van der Waals surface area (Å²) >= 11 is 0. The Morgan fingerprint density at radius 3 is 2.67 bits per heavy atom. The lowest BCUT2D eigenvalue weighted by Crippen LogP contribution is -2.24.